The third-order valence-electron chi connectivity index (χ3n) is 2.31. The summed E-state index contributed by atoms with van der Waals surface area (Å²) >= 11 is 11.8. The van der Waals surface area contributed by atoms with E-state index in [1.165, 1.54) is 24.3 Å². The van der Waals surface area contributed by atoms with Gasteiger partial charge in [0.2, 0.25) is 0 Å². The molecule has 0 unspecified atom stereocenters. The third kappa shape index (κ3) is 2.81. The standard InChI is InChI=1S/C13H8Cl2FNO/c14-10-2-1-3-11(12(10)15)17-13(18)8-4-6-9(16)7-5-8/h1-7H,(H,17,18). The predicted molar refractivity (Wildman–Crippen MR) is 70.8 cm³/mol. The van der Waals surface area contributed by atoms with Crippen molar-refractivity contribution in [1.82, 2.24) is 0 Å². The van der Waals surface area contributed by atoms with Gasteiger partial charge in [0.25, 0.3) is 5.91 Å². The highest BCUT2D eigenvalue weighted by Gasteiger charge is 2.10. The summed E-state index contributed by atoms with van der Waals surface area (Å²) in [5.41, 5.74) is 0.755. The van der Waals surface area contributed by atoms with E-state index in [-0.39, 0.29) is 10.9 Å². The van der Waals surface area contributed by atoms with Crippen molar-refractivity contribution >= 4 is 34.8 Å². The molecule has 0 aromatic heterocycles. The summed E-state index contributed by atoms with van der Waals surface area (Å²) in [5, 5.41) is 3.24. The molecule has 1 N–H and O–H groups in total. The lowest BCUT2D eigenvalue weighted by Gasteiger charge is -2.08. The second-order valence-electron chi connectivity index (χ2n) is 3.56. The first-order valence-electron chi connectivity index (χ1n) is 5.09. The molecule has 18 heavy (non-hydrogen) atoms. The van der Waals surface area contributed by atoms with Gasteiger partial charge in [-0.1, -0.05) is 29.3 Å². The second kappa shape index (κ2) is 5.38. The van der Waals surface area contributed by atoms with E-state index in [1.54, 1.807) is 18.2 Å². The van der Waals surface area contributed by atoms with Crippen molar-refractivity contribution in [2.24, 2.45) is 0 Å². The maximum absolute atomic E-state index is 12.7. The van der Waals surface area contributed by atoms with Crippen LogP contribution in [0.4, 0.5) is 10.1 Å². The monoisotopic (exact) mass is 283 g/mol. The minimum Gasteiger partial charge on any atom is -0.321 e. The highest BCUT2D eigenvalue weighted by molar-refractivity contribution is 6.44. The minimum absolute atomic E-state index is 0.273. The van der Waals surface area contributed by atoms with Crippen LogP contribution in [0.3, 0.4) is 0 Å². The van der Waals surface area contributed by atoms with Gasteiger partial charge in [0.05, 0.1) is 15.7 Å². The van der Waals surface area contributed by atoms with Gasteiger partial charge in [0.15, 0.2) is 0 Å². The molecule has 5 heteroatoms. The Balaban J connectivity index is 2.21. The van der Waals surface area contributed by atoms with Gasteiger partial charge in [-0.25, -0.2) is 4.39 Å². The van der Waals surface area contributed by atoms with Gasteiger partial charge < -0.3 is 5.32 Å². The molecule has 2 aromatic rings. The van der Waals surface area contributed by atoms with Crippen molar-refractivity contribution in [1.29, 1.82) is 0 Å². The summed E-state index contributed by atoms with van der Waals surface area (Å²) < 4.78 is 12.7. The zero-order chi connectivity index (χ0) is 13.1. The van der Waals surface area contributed by atoms with Gasteiger partial charge >= 0.3 is 0 Å². The quantitative estimate of drug-likeness (QED) is 0.870. The number of anilines is 1. The van der Waals surface area contributed by atoms with E-state index in [2.05, 4.69) is 5.32 Å². The highest BCUT2D eigenvalue weighted by atomic mass is 35.5. The highest BCUT2D eigenvalue weighted by Crippen LogP contribution is 2.29. The number of halogens is 3. The Morgan fingerprint density at radius 2 is 1.72 bits per heavy atom. The van der Waals surface area contributed by atoms with Crippen LogP contribution < -0.4 is 5.32 Å². The van der Waals surface area contributed by atoms with E-state index in [0.29, 0.717) is 16.3 Å². The largest absolute Gasteiger partial charge is 0.321 e. The van der Waals surface area contributed by atoms with Crippen LogP contribution in [0.2, 0.25) is 10.0 Å². The van der Waals surface area contributed by atoms with Crippen LogP contribution in [0.25, 0.3) is 0 Å². The summed E-state index contributed by atoms with van der Waals surface area (Å²) in [6.45, 7) is 0. The number of amides is 1. The molecular weight excluding hydrogens is 276 g/mol. The number of carbonyl (C=O) groups excluding carboxylic acids is 1. The number of benzene rings is 2. The lowest BCUT2D eigenvalue weighted by molar-refractivity contribution is 0.102. The van der Waals surface area contributed by atoms with Crippen LogP contribution in [0.15, 0.2) is 42.5 Å². The zero-order valence-corrected chi connectivity index (χ0v) is 10.6. The minimum atomic E-state index is -0.396. The summed E-state index contributed by atoms with van der Waals surface area (Å²) in [5.74, 6) is -0.772. The molecule has 2 nitrogen and oxygen atoms in total. The number of nitrogens with one attached hydrogen (secondary N) is 1. The Kier molecular flexibility index (Phi) is 3.84. The average molecular weight is 284 g/mol. The van der Waals surface area contributed by atoms with Gasteiger partial charge in [-0.05, 0) is 36.4 Å². The van der Waals surface area contributed by atoms with E-state index in [9.17, 15) is 9.18 Å². The zero-order valence-electron chi connectivity index (χ0n) is 9.08. The van der Waals surface area contributed by atoms with Crippen molar-refractivity contribution in [3.8, 4) is 0 Å². The molecular formula is C13H8Cl2FNO. The van der Waals surface area contributed by atoms with Crippen molar-refractivity contribution in [3.05, 3.63) is 63.9 Å². The molecule has 0 aliphatic rings. The molecule has 0 saturated carbocycles. The average Bonchev–Trinajstić information content (AvgIpc) is 2.36. The first-order valence-corrected chi connectivity index (χ1v) is 5.84. The van der Waals surface area contributed by atoms with Crippen LogP contribution in [-0.4, -0.2) is 5.91 Å². The SMILES string of the molecule is O=C(Nc1cccc(Cl)c1Cl)c1ccc(F)cc1. The van der Waals surface area contributed by atoms with Crippen molar-refractivity contribution < 1.29 is 9.18 Å². The molecule has 0 bridgehead atoms. The fourth-order valence-electron chi connectivity index (χ4n) is 1.40. The maximum Gasteiger partial charge on any atom is 0.255 e. The molecule has 92 valence electrons. The van der Waals surface area contributed by atoms with E-state index in [1.807, 2.05) is 0 Å². The van der Waals surface area contributed by atoms with Crippen LogP contribution in [0.5, 0.6) is 0 Å². The smallest absolute Gasteiger partial charge is 0.255 e. The normalized spacial score (nSPS) is 10.2. The second-order valence-corrected chi connectivity index (χ2v) is 4.35. The number of hydrogen-bond donors (Lipinski definition) is 1. The van der Waals surface area contributed by atoms with E-state index in [4.69, 9.17) is 23.2 Å². The lowest BCUT2D eigenvalue weighted by atomic mass is 10.2. The molecule has 0 spiro atoms. The van der Waals surface area contributed by atoms with Crippen molar-refractivity contribution in [2.45, 2.75) is 0 Å². The summed E-state index contributed by atoms with van der Waals surface area (Å²) in [7, 11) is 0. The third-order valence-corrected chi connectivity index (χ3v) is 3.13. The fourth-order valence-corrected chi connectivity index (χ4v) is 1.74. The molecule has 0 fully saturated rings. The molecule has 1 amide bonds. The maximum atomic E-state index is 12.7. The van der Waals surface area contributed by atoms with Crippen LogP contribution in [0, 0.1) is 5.82 Å². The van der Waals surface area contributed by atoms with Crippen LogP contribution in [0.1, 0.15) is 10.4 Å². The molecule has 0 heterocycles. The number of hydrogen-bond acceptors (Lipinski definition) is 1. The van der Waals surface area contributed by atoms with Crippen molar-refractivity contribution in [3.63, 3.8) is 0 Å². The molecule has 2 aromatic carbocycles. The van der Waals surface area contributed by atoms with Gasteiger partial charge in [-0.3, -0.25) is 4.79 Å². The van der Waals surface area contributed by atoms with E-state index >= 15 is 0 Å². The van der Waals surface area contributed by atoms with E-state index < -0.39 is 5.82 Å². The van der Waals surface area contributed by atoms with Crippen LogP contribution >= 0.6 is 23.2 Å². The van der Waals surface area contributed by atoms with Crippen LogP contribution in [-0.2, 0) is 0 Å². The predicted octanol–water partition coefficient (Wildman–Crippen LogP) is 4.38. The van der Waals surface area contributed by atoms with Gasteiger partial charge in [-0.2, -0.15) is 0 Å². The Hall–Kier alpha value is -1.58. The molecule has 0 saturated heterocycles. The fraction of sp³-hybridized carbons (Fsp3) is 0. The van der Waals surface area contributed by atoms with Gasteiger partial charge in [-0.15, -0.1) is 0 Å². The molecule has 0 radical (unpaired) electrons. The summed E-state index contributed by atoms with van der Waals surface area (Å²) in [6, 6.07) is 10.1. The Morgan fingerprint density at radius 1 is 1.06 bits per heavy atom. The summed E-state index contributed by atoms with van der Waals surface area (Å²) in [6.07, 6.45) is 0. The molecule has 0 aliphatic heterocycles. The van der Waals surface area contributed by atoms with Crippen molar-refractivity contribution in [2.75, 3.05) is 5.32 Å². The lowest BCUT2D eigenvalue weighted by Crippen LogP contribution is -2.12. The first-order chi connectivity index (χ1) is 8.58. The first kappa shape index (κ1) is 12.9. The van der Waals surface area contributed by atoms with Gasteiger partial charge in [0.1, 0.15) is 5.82 Å². The Bertz CT molecular complexity index is 584. The molecule has 0 aliphatic carbocycles. The summed E-state index contributed by atoms with van der Waals surface area (Å²) in [4.78, 5) is 11.9. The Labute approximate surface area is 113 Å². The molecule has 2 rings (SSSR count). The molecule has 0 atom stereocenters. The van der Waals surface area contributed by atoms with Gasteiger partial charge in [0, 0.05) is 5.56 Å². The van der Waals surface area contributed by atoms with E-state index in [0.717, 1.165) is 0 Å². The number of carbonyl (C=O) groups is 1. The number of rotatable bonds is 2. The Morgan fingerprint density at radius 3 is 2.39 bits per heavy atom. The topological polar surface area (TPSA) is 29.1 Å².